The molecule has 0 saturated carbocycles. The molecule has 9 heteroatoms. The van der Waals surface area contributed by atoms with E-state index in [4.69, 9.17) is 0 Å². The number of rotatable bonds is 9. The normalized spacial score (nSPS) is 12.9. The van der Waals surface area contributed by atoms with Crippen molar-refractivity contribution in [3.05, 3.63) is 65.7 Å². The number of benzene rings is 2. The summed E-state index contributed by atoms with van der Waals surface area (Å²) >= 11 is 0. The zero-order chi connectivity index (χ0) is 21.3. The molecule has 0 saturated heterocycles. The molecule has 3 N–H and O–H groups in total. The van der Waals surface area contributed by atoms with Crippen LogP contribution in [-0.4, -0.2) is 51.0 Å². The quantitative estimate of drug-likeness (QED) is 0.256. The molecular weight excluding hydrogens is 515 g/mol. The zero-order valence-corrected chi connectivity index (χ0v) is 20.7. The van der Waals surface area contributed by atoms with Crippen LogP contribution in [0.15, 0.2) is 64.5 Å². The highest BCUT2D eigenvalue weighted by molar-refractivity contribution is 14.0. The summed E-state index contributed by atoms with van der Waals surface area (Å²) in [7, 11) is -0.406. The fourth-order valence-corrected chi connectivity index (χ4v) is 3.56. The lowest BCUT2D eigenvalue weighted by molar-refractivity contribution is 0.168. The van der Waals surface area contributed by atoms with Crippen LogP contribution in [0.1, 0.15) is 30.6 Å². The predicted octanol–water partition coefficient (Wildman–Crippen LogP) is 2.73. The third kappa shape index (κ3) is 7.86. The Bertz CT molecular complexity index is 888. The molecule has 2 aromatic rings. The Morgan fingerprint density at radius 2 is 1.70 bits per heavy atom. The second-order valence-corrected chi connectivity index (χ2v) is 8.92. The topological polar surface area (TPSA) is 94.0 Å². The van der Waals surface area contributed by atoms with Gasteiger partial charge in [0.2, 0.25) is 10.0 Å². The molecule has 0 aromatic heterocycles. The second-order valence-electron chi connectivity index (χ2n) is 6.77. The van der Waals surface area contributed by atoms with Crippen molar-refractivity contribution in [3.8, 4) is 0 Å². The van der Waals surface area contributed by atoms with Crippen LogP contribution in [-0.2, 0) is 16.6 Å². The van der Waals surface area contributed by atoms with Gasteiger partial charge in [-0.05, 0) is 36.6 Å². The van der Waals surface area contributed by atoms with Crippen molar-refractivity contribution >= 4 is 40.0 Å². The molecule has 2 rings (SSSR count). The lowest BCUT2D eigenvalue weighted by Crippen LogP contribution is -2.38. The van der Waals surface area contributed by atoms with Crippen molar-refractivity contribution in [2.45, 2.75) is 30.9 Å². The number of halogens is 1. The van der Waals surface area contributed by atoms with Crippen LogP contribution in [0, 0.1) is 0 Å². The summed E-state index contributed by atoms with van der Waals surface area (Å²) in [6.45, 7) is 3.69. The van der Waals surface area contributed by atoms with Gasteiger partial charge in [-0.15, -0.1) is 24.0 Å². The highest BCUT2D eigenvalue weighted by Crippen LogP contribution is 2.15. The first-order valence-electron chi connectivity index (χ1n) is 9.61. The Morgan fingerprint density at radius 3 is 2.27 bits per heavy atom. The number of aliphatic imine (C=N–C) groups is 1. The largest absolute Gasteiger partial charge is 0.388 e. The number of nitrogens with zero attached hydrogens (tertiary/aromatic N) is 2. The number of aliphatic hydroxyl groups excluding tert-OH is 1. The van der Waals surface area contributed by atoms with Crippen molar-refractivity contribution in [2.24, 2.45) is 4.99 Å². The molecule has 0 amide bonds. The van der Waals surface area contributed by atoms with Gasteiger partial charge in [-0.25, -0.2) is 17.7 Å². The molecular formula is C21H31IN4O3S. The van der Waals surface area contributed by atoms with E-state index in [9.17, 15) is 13.5 Å². The van der Waals surface area contributed by atoms with Gasteiger partial charge in [0.15, 0.2) is 5.96 Å². The molecule has 7 nitrogen and oxygen atoms in total. The molecule has 0 aliphatic rings. The Morgan fingerprint density at radius 1 is 1.07 bits per heavy atom. The average molecular weight is 546 g/mol. The number of guanidine groups is 1. The van der Waals surface area contributed by atoms with Crippen molar-refractivity contribution in [1.82, 2.24) is 14.9 Å². The molecule has 2 aromatic carbocycles. The lowest BCUT2D eigenvalue weighted by Gasteiger charge is -2.14. The van der Waals surface area contributed by atoms with Gasteiger partial charge in [0.05, 0.1) is 17.5 Å². The minimum atomic E-state index is -3.43. The van der Waals surface area contributed by atoms with E-state index >= 15 is 0 Å². The van der Waals surface area contributed by atoms with E-state index in [1.807, 2.05) is 37.3 Å². The van der Waals surface area contributed by atoms with Gasteiger partial charge in [-0.3, -0.25) is 0 Å². The van der Waals surface area contributed by atoms with Crippen molar-refractivity contribution in [1.29, 1.82) is 0 Å². The highest BCUT2D eigenvalue weighted by Gasteiger charge is 2.16. The molecule has 30 heavy (non-hydrogen) atoms. The van der Waals surface area contributed by atoms with Crippen LogP contribution in [0.3, 0.4) is 0 Å². The molecule has 0 aliphatic carbocycles. The van der Waals surface area contributed by atoms with Crippen molar-refractivity contribution in [3.63, 3.8) is 0 Å². The summed E-state index contributed by atoms with van der Waals surface area (Å²) in [6.07, 6.45) is 0.0312. The molecule has 0 aliphatic heterocycles. The molecule has 1 unspecified atom stereocenters. The SMILES string of the molecule is CCNC(=NCc1ccc(S(=O)(=O)N(C)C)cc1)NCCC(O)c1ccccc1.I. The summed E-state index contributed by atoms with van der Waals surface area (Å²) in [4.78, 5) is 4.79. The van der Waals surface area contributed by atoms with Gasteiger partial charge in [-0.1, -0.05) is 42.5 Å². The fraction of sp³-hybridized carbons (Fsp3) is 0.381. The summed E-state index contributed by atoms with van der Waals surface area (Å²) in [6, 6.07) is 16.3. The average Bonchev–Trinajstić information content (AvgIpc) is 2.72. The van der Waals surface area contributed by atoms with Gasteiger partial charge < -0.3 is 15.7 Å². The summed E-state index contributed by atoms with van der Waals surface area (Å²) < 4.78 is 25.4. The first kappa shape index (κ1) is 26.3. The van der Waals surface area contributed by atoms with Gasteiger partial charge in [-0.2, -0.15) is 0 Å². The van der Waals surface area contributed by atoms with E-state index in [1.54, 1.807) is 24.3 Å². The zero-order valence-electron chi connectivity index (χ0n) is 17.6. The first-order valence-corrected chi connectivity index (χ1v) is 11.0. The first-order chi connectivity index (χ1) is 13.8. The molecule has 0 radical (unpaired) electrons. The Kier molecular flexibility index (Phi) is 11.3. The van der Waals surface area contributed by atoms with Crippen LogP contribution in [0.4, 0.5) is 0 Å². The van der Waals surface area contributed by atoms with Gasteiger partial charge in [0.1, 0.15) is 0 Å². The van der Waals surface area contributed by atoms with Crippen molar-refractivity contribution in [2.75, 3.05) is 27.2 Å². The van der Waals surface area contributed by atoms with E-state index in [1.165, 1.54) is 18.4 Å². The van der Waals surface area contributed by atoms with E-state index in [-0.39, 0.29) is 28.9 Å². The van der Waals surface area contributed by atoms with E-state index in [0.717, 1.165) is 11.1 Å². The number of sulfonamides is 1. The fourth-order valence-electron chi connectivity index (χ4n) is 2.66. The number of hydrogen-bond donors (Lipinski definition) is 3. The minimum Gasteiger partial charge on any atom is -0.388 e. The maximum absolute atomic E-state index is 12.1. The smallest absolute Gasteiger partial charge is 0.242 e. The van der Waals surface area contributed by atoms with Crippen molar-refractivity contribution < 1.29 is 13.5 Å². The van der Waals surface area contributed by atoms with Crippen LogP contribution < -0.4 is 10.6 Å². The summed E-state index contributed by atoms with van der Waals surface area (Å²) in [5.41, 5.74) is 1.80. The Balaban J connectivity index is 0.00000450. The number of nitrogens with one attached hydrogen (secondary N) is 2. The monoisotopic (exact) mass is 546 g/mol. The minimum absolute atomic E-state index is 0. The molecule has 0 bridgehead atoms. The van der Waals surface area contributed by atoms with Gasteiger partial charge in [0.25, 0.3) is 0 Å². The third-order valence-corrected chi connectivity index (χ3v) is 6.19. The molecule has 0 heterocycles. The maximum atomic E-state index is 12.1. The standard InChI is InChI=1S/C21H30N4O3S.HI/c1-4-22-21(23-15-14-20(26)18-8-6-5-7-9-18)24-16-17-10-12-19(13-11-17)29(27,28)25(2)3;/h5-13,20,26H,4,14-16H2,1-3H3,(H2,22,23,24);1H. The molecule has 0 spiro atoms. The Hall–Kier alpha value is -1.69. The lowest BCUT2D eigenvalue weighted by atomic mass is 10.1. The van der Waals surface area contributed by atoms with Crippen LogP contribution in [0.25, 0.3) is 0 Å². The Labute approximate surface area is 196 Å². The number of aliphatic hydroxyl groups is 1. The van der Waals surface area contributed by atoms with Gasteiger partial charge in [0, 0.05) is 27.2 Å². The van der Waals surface area contributed by atoms with Crippen LogP contribution in [0.5, 0.6) is 0 Å². The van der Waals surface area contributed by atoms with Gasteiger partial charge >= 0.3 is 0 Å². The van der Waals surface area contributed by atoms with E-state index in [2.05, 4.69) is 15.6 Å². The highest BCUT2D eigenvalue weighted by atomic mass is 127. The van der Waals surface area contributed by atoms with E-state index in [0.29, 0.717) is 32.0 Å². The molecule has 1 atom stereocenters. The summed E-state index contributed by atoms with van der Waals surface area (Å²) in [5.74, 6) is 0.651. The number of hydrogen-bond acceptors (Lipinski definition) is 4. The predicted molar refractivity (Wildman–Crippen MR) is 132 cm³/mol. The molecule has 0 fully saturated rings. The summed E-state index contributed by atoms with van der Waals surface area (Å²) in [5, 5.41) is 16.6. The van der Waals surface area contributed by atoms with E-state index < -0.39 is 16.1 Å². The van der Waals surface area contributed by atoms with Crippen LogP contribution in [0.2, 0.25) is 0 Å². The molecule has 166 valence electrons. The second kappa shape index (κ2) is 12.9. The maximum Gasteiger partial charge on any atom is 0.242 e. The third-order valence-electron chi connectivity index (χ3n) is 4.36. The van der Waals surface area contributed by atoms with Crippen LogP contribution >= 0.6 is 24.0 Å².